The van der Waals surface area contributed by atoms with Crippen molar-refractivity contribution < 1.29 is 31.5 Å². The summed E-state index contributed by atoms with van der Waals surface area (Å²) >= 11 is 0. The van der Waals surface area contributed by atoms with Crippen molar-refractivity contribution in [2.24, 2.45) is 0 Å². The molecule has 2 rings (SSSR count). The molecule has 8 heteroatoms. The Kier molecular flexibility index (Phi) is 2.80. The second kappa shape index (κ2) is 4.04. The van der Waals surface area contributed by atoms with E-state index >= 15 is 0 Å². The van der Waals surface area contributed by atoms with Crippen molar-refractivity contribution in [3.05, 3.63) is 29.1 Å². The summed E-state index contributed by atoms with van der Waals surface area (Å²) < 4.78 is 65.2. The smallest absolute Gasteiger partial charge is 0.235 e. The molecule has 1 fully saturated rings. The number of anilines is 1. The van der Waals surface area contributed by atoms with Gasteiger partial charge in [-0.15, -0.1) is 0 Å². The first-order valence-corrected chi connectivity index (χ1v) is 4.68. The maximum Gasteiger partial charge on any atom is 0.235 e. The van der Waals surface area contributed by atoms with Crippen molar-refractivity contribution in [3.8, 4) is 0 Å². The first-order chi connectivity index (χ1) is 8.34. The van der Waals surface area contributed by atoms with Gasteiger partial charge in [0, 0.05) is 0 Å². The lowest BCUT2D eigenvalue weighted by Gasteiger charge is -2.17. The Morgan fingerprint density at radius 2 is 1.22 bits per heavy atom. The van der Waals surface area contributed by atoms with E-state index in [-0.39, 0.29) is 4.90 Å². The van der Waals surface area contributed by atoms with Crippen molar-refractivity contribution in [1.29, 1.82) is 0 Å². The second-order valence-electron chi connectivity index (χ2n) is 3.61. The SMILES string of the molecule is O=C1CC(=O)N(c2c(F)c(F)c(F)c(F)c2F)C1. The van der Waals surface area contributed by atoms with Crippen LogP contribution in [0, 0.1) is 29.1 Å². The lowest BCUT2D eigenvalue weighted by Crippen LogP contribution is -2.28. The third-order valence-electron chi connectivity index (χ3n) is 2.44. The van der Waals surface area contributed by atoms with E-state index in [1.165, 1.54) is 0 Å². The standard InChI is InChI=1S/C10H4F5NO2/c11-5-6(12)8(14)10(9(15)7(5)13)16-2-3(17)1-4(16)18/h1-2H2. The van der Waals surface area contributed by atoms with Gasteiger partial charge in [0.25, 0.3) is 0 Å². The van der Waals surface area contributed by atoms with E-state index < -0.39 is 59.4 Å². The Labute approximate surface area is 96.8 Å². The Morgan fingerprint density at radius 3 is 1.61 bits per heavy atom. The summed E-state index contributed by atoms with van der Waals surface area (Å²) in [5.41, 5.74) is -1.39. The molecular formula is C10H4F5NO2. The van der Waals surface area contributed by atoms with E-state index in [0.29, 0.717) is 0 Å². The van der Waals surface area contributed by atoms with Crippen molar-refractivity contribution >= 4 is 17.4 Å². The fourth-order valence-corrected chi connectivity index (χ4v) is 1.62. The van der Waals surface area contributed by atoms with Gasteiger partial charge < -0.3 is 0 Å². The van der Waals surface area contributed by atoms with Crippen LogP contribution < -0.4 is 4.90 Å². The molecule has 0 aromatic heterocycles. The highest BCUT2D eigenvalue weighted by Gasteiger charge is 2.36. The zero-order valence-electron chi connectivity index (χ0n) is 8.57. The first-order valence-electron chi connectivity index (χ1n) is 4.68. The number of carbonyl (C=O) groups is 2. The third kappa shape index (κ3) is 1.64. The Balaban J connectivity index is 2.65. The molecule has 1 saturated heterocycles. The van der Waals surface area contributed by atoms with Gasteiger partial charge >= 0.3 is 0 Å². The highest BCUT2D eigenvalue weighted by atomic mass is 19.2. The Hall–Kier alpha value is -1.99. The number of carbonyl (C=O) groups excluding carboxylic acids is 2. The fourth-order valence-electron chi connectivity index (χ4n) is 1.62. The summed E-state index contributed by atoms with van der Waals surface area (Å²) in [4.78, 5) is 22.4. The van der Waals surface area contributed by atoms with Crippen LogP contribution in [-0.2, 0) is 9.59 Å². The minimum atomic E-state index is -2.31. The number of amides is 1. The van der Waals surface area contributed by atoms with Gasteiger partial charge in [-0.1, -0.05) is 0 Å². The van der Waals surface area contributed by atoms with Gasteiger partial charge in [0.1, 0.15) is 5.69 Å². The molecule has 0 bridgehead atoms. The van der Waals surface area contributed by atoms with E-state index in [4.69, 9.17) is 0 Å². The molecule has 1 aliphatic rings. The molecule has 1 heterocycles. The van der Waals surface area contributed by atoms with Crippen LogP contribution in [-0.4, -0.2) is 18.2 Å². The van der Waals surface area contributed by atoms with Gasteiger partial charge in [-0.3, -0.25) is 14.5 Å². The second-order valence-corrected chi connectivity index (χ2v) is 3.61. The molecule has 1 aromatic carbocycles. The molecule has 1 amide bonds. The zero-order chi connectivity index (χ0) is 13.6. The molecule has 0 saturated carbocycles. The fraction of sp³-hybridized carbons (Fsp3) is 0.200. The Bertz CT molecular complexity index is 543. The molecule has 3 nitrogen and oxygen atoms in total. The average Bonchev–Trinajstić information content (AvgIpc) is 2.64. The van der Waals surface area contributed by atoms with Crippen molar-refractivity contribution in [3.63, 3.8) is 0 Å². The van der Waals surface area contributed by atoms with E-state index in [0.717, 1.165) is 0 Å². The van der Waals surface area contributed by atoms with Gasteiger partial charge in [0.15, 0.2) is 29.1 Å². The number of nitrogens with zero attached hydrogens (tertiary/aromatic N) is 1. The maximum atomic E-state index is 13.3. The summed E-state index contributed by atoms with van der Waals surface area (Å²) in [5.74, 6) is -12.6. The van der Waals surface area contributed by atoms with Gasteiger partial charge in [0.05, 0.1) is 13.0 Å². The molecule has 0 radical (unpaired) electrons. The van der Waals surface area contributed by atoms with E-state index in [1.807, 2.05) is 0 Å². The van der Waals surface area contributed by atoms with E-state index in [9.17, 15) is 31.5 Å². The summed E-state index contributed by atoms with van der Waals surface area (Å²) in [6.45, 7) is -0.711. The number of ketones is 1. The van der Waals surface area contributed by atoms with Gasteiger partial charge in [-0.05, 0) is 0 Å². The highest BCUT2D eigenvalue weighted by molar-refractivity contribution is 6.15. The lowest BCUT2D eigenvalue weighted by atomic mass is 10.2. The summed E-state index contributed by atoms with van der Waals surface area (Å²) in [6, 6.07) is 0. The first kappa shape index (κ1) is 12.5. The molecule has 0 aliphatic carbocycles. The molecular weight excluding hydrogens is 261 g/mol. The molecule has 1 aliphatic heterocycles. The maximum absolute atomic E-state index is 13.3. The van der Waals surface area contributed by atoms with Crippen LogP contribution in [0.15, 0.2) is 0 Å². The zero-order valence-corrected chi connectivity index (χ0v) is 8.57. The summed E-state index contributed by atoms with van der Waals surface area (Å²) in [6.07, 6.45) is -0.626. The molecule has 1 aromatic rings. The predicted molar refractivity (Wildman–Crippen MR) is 48.2 cm³/mol. The molecule has 0 spiro atoms. The van der Waals surface area contributed by atoms with Crippen molar-refractivity contribution in [2.45, 2.75) is 6.42 Å². The molecule has 0 atom stereocenters. The van der Waals surface area contributed by atoms with Crippen LogP contribution in [0.2, 0.25) is 0 Å². The van der Waals surface area contributed by atoms with Crippen molar-refractivity contribution in [2.75, 3.05) is 11.4 Å². The van der Waals surface area contributed by atoms with Crippen LogP contribution in [0.4, 0.5) is 27.6 Å². The largest absolute Gasteiger partial charge is 0.299 e. The molecule has 96 valence electrons. The molecule has 0 N–H and O–H groups in total. The van der Waals surface area contributed by atoms with Gasteiger partial charge in [0.2, 0.25) is 11.7 Å². The van der Waals surface area contributed by atoms with E-state index in [2.05, 4.69) is 0 Å². The van der Waals surface area contributed by atoms with Crippen molar-refractivity contribution in [1.82, 2.24) is 0 Å². The topological polar surface area (TPSA) is 37.4 Å². The van der Waals surface area contributed by atoms with Crippen LogP contribution in [0.5, 0.6) is 0 Å². The van der Waals surface area contributed by atoms with Gasteiger partial charge in [-0.2, -0.15) is 0 Å². The van der Waals surface area contributed by atoms with Crippen LogP contribution >= 0.6 is 0 Å². The number of hydrogen-bond acceptors (Lipinski definition) is 2. The number of rotatable bonds is 1. The quantitative estimate of drug-likeness (QED) is 0.335. The van der Waals surface area contributed by atoms with Crippen LogP contribution in [0.1, 0.15) is 6.42 Å². The molecule has 18 heavy (non-hydrogen) atoms. The van der Waals surface area contributed by atoms with Crippen LogP contribution in [0.3, 0.4) is 0 Å². The summed E-state index contributed by atoms with van der Waals surface area (Å²) in [7, 11) is 0. The normalized spacial score (nSPS) is 15.7. The van der Waals surface area contributed by atoms with Gasteiger partial charge in [-0.25, -0.2) is 22.0 Å². The molecule has 0 unspecified atom stereocenters. The number of halogens is 5. The highest BCUT2D eigenvalue weighted by Crippen LogP contribution is 2.31. The number of benzene rings is 1. The Morgan fingerprint density at radius 1 is 0.778 bits per heavy atom. The van der Waals surface area contributed by atoms with E-state index in [1.54, 1.807) is 0 Å². The predicted octanol–water partition coefficient (Wildman–Crippen LogP) is 1.69. The number of Topliss-reactive ketones (excluding diaryl/α,β-unsaturated/α-hetero) is 1. The third-order valence-corrected chi connectivity index (χ3v) is 2.44. The minimum absolute atomic E-state index is 0.249. The average molecular weight is 265 g/mol. The minimum Gasteiger partial charge on any atom is -0.299 e. The van der Waals surface area contributed by atoms with Crippen LogP contribution in [0.25, 0.3) is 0 Å². The monoisotopic (exact) mass is 265 g/mol. The number of hydrogen-bond donors (Lipinski definition) is 0. The summed E-state index contributed by atoms with van der Waals surface area (Å²) in [5, 5.41) is 0. The lowest BCUT2D eigenvalue weighted by molar-refractivity contribution is -0.121.